The van der Waals surface area contributed by atoms with Gasteiger partial charge in [-0.05, 0) is 37.5 Å². The maximum atomic E-state index is 2.41. The summed E-state index contributed by atoms with van der Waals surface area (Å²) in [6, 6.07) is 0. The predicted octanol–water partition coefficient (Wildman–Crippen LogP) is 3.78. The van der Waals surface area contributed by atoms with E-state index in [-0.39, 0.29) is 0 Å². The molecule has 0 spiro atoms. The fourth-order valence-corrected chi connectivity index (χ4v) is 1.59. The van der Waals surface area contributed by atoms with Crippen molar-refractivity contribution in [3.63, 3.8) is 0 Å². The van der Waals surface area contributed by atoms with Crippen LogP contribution in [0, 0.1) is 11.3 Å². The third kappa shape index (κ3) is 2.69. The minimum atomic E-state index is 0.652. The molecule has 0 aliphatic heterocycles. The van der Waals surface area contributed by atoms with E-state index in [1.807, 2.05) is 0 Å². The fraction of sp³-hybridized carbons (Fsp3) is 0.818. The van der Waals surface area contributed by atoms with Crippen molar-refractivity contribution in [1.82, 2.24) is 0 Å². The highest BCUT2D eigenvalue weighted by molar-refractivity contribution is 5.08. The van der Waals surface area contributed by atoms with Gasteiger partial charge in [-0.15, -0.1) is 0 Å². The van der Waals surface area contributed by atoms with Crippen LogP contribution in [-0.2, 0) is 0 Å². The van der Waals surface area contributed by atoms with E-state index >= 15 is 0 Å². The third-order valence-electron chi connectivity index (χ3n) is 2.63. The Kier molecular flexibility index (Phi) is 2.75. The van der Waals surface area contributed by atoms with Gasteiger partial charge in [0.25, 0.3) is 0 Å². The van der Waals surface area contributed by atoms with Crippen LogP contribution in [0.3, 0.4) is 0 Å². The van der Waals surface area contributed by atoms with E-state index in [9.17, 15) is 0 Å². The van der Waals surface area contributed by atoms with Gasteiger partial charge in [-0.3, -0.25) is 0 Å². The first-order valence-electron chi connectivity index (χ1n) is 4.82. The van der Waals surface area contributed by atoms with Gasteiger partial charge in [-0.25, -0.2) is 0 Å². The minimum absolute atomic E-state index is 0.652. The minimum Gasteiger partial charge on any atom is -0.0911 e. The van der Waals surface area contributed by atoms with Gasteiger partial charge < -0.3 is 0 Å². The summed E-state index contributed by atoms with van der Waals surface area (Å²) in [6.45, 7) is 6.76. The van der Waals surface area contributed by atoms with Crippen LogP contribution < -0.4 is 0 Å². The summed E-state index contributed by atoms with van der Waals surface area (Å²) in [7, 11) is 0. The highest BCUT2D eigenvalue weighted by Gasteiger charge is 2.38. The SMILES string of the molecule is CC=CC1(CCC(C)C)CC1. The molecular weight excluding hydrogens is 132 g/mol. The quantitative estimate of drug-likeness (QED) is 0.538. The lowest BCUT2D eigenvalue weighted by Gasteiger charge is -2.10. The van der Waals surface area contributed by atoms with Crippen LogP contribution in [0.15, 0.2) is 12.2 Å². The van der Waals surface area contributed by atoms with E-state index in [1.165, 1.54) is 25.7 Å². The maximum Gasteiger partial charge on any atom is -0.0118 e. The molecule has 0 saturated heterocycles. The molecule has 0 nitrogen and oxygen atoms in total. The second-order valence-electron chi connectivity index (χ2n) is 4.29. The molecule has 1 aliphatic carbocycles. The zero-order chi connectivity index (χ0) is 8.32. The number of rotatable bonds is 4. The third-order valence-corrected chi connectivity index (χ3v) is 2.63. The highest BCUT2D eigenvalue weighted by Crippen LogP contribution is 2.51. The molecule has 1 saturated carbocycles. The van der Waals surface area contributed by atoms with Crippen molar-refractivity contribution in [2.45, 2.75) is 46.5 Å². The molecule has 0 aromatic carbocycles. The van der Waals surface area contributed by atoms with Crippen LogP contribution in [0.2, 0.25) is 0 Å². The molecule has 64 valence electrons. The molecule has 1 fully saturated rings. The first-order chi connectivity index (χ1) is 5.18. The topological polar surface area (TPSA) is 0 Å². The normalized spacial score (nSPS) is 21.5. The lowest BCUT2D eigenvalue weighted by molar-refractivity contribution is 0.470. The lowest BCUT2D eigenvalue weighted by Crippen LogP contribution is -1.98. The molecule has 0 amide bonds. The monoisotopic (exact) mass is 152 g/mol. The average Bonchev–Trinajstić information content (AvgIpc) is 2.67. The Morgan fingerprint density at radius 2 is 2.00 bits per heavy atom. The van der Waals surface area contributed by atoms with Gasteiger partial charge in [0.2, 0.25) is 0 Å². The van der Waals surface area contributed by atoms with Crippen LogP contribution in [0.5, 0.6) is 0 Å². The van der Waals surface area contributed by atoms with Crippen molar-refractivity contribution >= 4 is 0 Å². The summed E-state index contributed by atoms with van der Waals surface area (Å²) < 4.78 is 0. The molecule has 11 heavy (non-hydrogen) atoms. The van der Waals surface area contributed by atoms with Crippen molar-refractivity contribution in [2.24, 2.45) is 11.3 Å². The van der Waals surface area contributed by atoms with E-state index < -0.39 is 0 Å². The van der Waals surface area contributed by atoms with E-state index in [0.29, 0.717) is 5.41 Å². The Balaban J connectivity index is 2.25. The van der Waals surface area contributed by atoms with Gasteiger partial charge >= 0.3 is 0 Å². The average molecular weight is 152 g/mol. The van der Waals surface area contributed by atoms with E-state index in [2.05, 4.69) is 32.9 Å². The summed E-state index contributed by atoms with van der Waals surface area (Å²) in [6.07, 6.45) is 10.3. The molecule has 0 aromatic heterocycles. The molecule has 0 N–H and O–H groups in total. The summed E-state index contributed by atoms with van der Waals surface area (Å²) in [5, 5.41) is 0. The van der Waals surface area contributed by atoms with Crippen LogP contribution in [0.4, 0.5) is 0 Å². The zero-order valence-electron chi connectivity index (χ0n) is 8.06. The second kappa shape index (κ2) is 3.42. The molecule has 1 rings (SSSR count). The van der Waals surface area contributed by atoms with Crippen LogP contribution in [0.25, 0.3) is 0 Å². The second-order valence-corrected chi connectivity index (χ2v) is 4.29. The van der Waals surface area contributed by atoms with Crippen LogP contribution >= 0.6 is 0 Å². The molecule has 0 heterocycles. The van der Waals surface area contributed by atoms with Gasteiger partial charge in [0.15, 0.2) is 0 Å². The van der Waals surface area contributed by atoms with Gasteiger partial charge in [0.05, 0.1) is 0 Å². The predicted molar refractivity (Wildman–Crippen MR) is 50.6 cm³/mol. The molecule has 0 heteroatoms. The molecule has 0 radical (unpaired) electrons. The standard InChI is InChI=1S/C11H20/c1-4-6-11(8-9-11)7-5-10(2)3/h4,6,10H,5,7-9H2,1-3H3. The first-order valence-corrected chi connectivity index (χ1v) is 4.82. The van der Waals surface area contributed by atoms with Crippen molar-refractivity contribution < 1.29 is 0 Å². The highest BCUT2D eigenvalue weighted by atomic mass is 14.4. The zero-order valence-corrected chi connectivity index (χ0v) is 8.06. The summed E-state index contributed by atoms with van der Waals surface area (Å²) in [5.74, 6) is 0.873. The van der Waals surface area contributed by atoms with Gasteiger partial charge in [-0.2, -0.15) is 0 Å². The first kappa shape index (κ1) is 8.83. The Bertz CT molecular complexity index is 138. The Labute approximate surface area is 70.7 Å². The Morgan fingerprint density at radius 3 is 2.36 bits per heavy atom. The summed E-state index contributed by atoms with van der Waals surface area (Å²) >= 11 is 0. The number of hydrogen-bond donors (Lipinski definition) is 0. The molecule has 0 unspecified atom stereocenters. The summed E-state index contributed by atoms with van der Waals surface area (Å²) in [5.41, 5.74) is 0.652. The largest absolute Gasteiger partial charge is 0.0911 e. The fourth-order valence-electron chi connectivity index (χ4n) is 1.59. The van der Waals surface area contributed by atoms with Crippen LogP contribution in [-0.4, -0.2) is 0 Å². The lowest BCUT2D eigenvalue weighted by atomic mass is 9.95. The number of allylic oxidation sites excluding steroid dienone is 2. The van der Waals surface area contributed by atoms with E-state index in [4.69, 9.17) is 0 Å². The van der Waals surface area contributed by atoms with Crippen molar-refractivity contribution in [1.29, 1.82) is 0 Å². The number of hydrogen-bond acceptors (Lipinski definition) is 0. The molecule has 0 aromatic rings. The van der Waals surface area contributed by atoms with E-state index in [1.54, 1.807) is 0 Å². The Hall–Kier alpha value is -0.260. The molecule has 0 bridgehead atoms. The van der Waals surface area contributed by atoms with Crippen molar-refractivity contribution in [3.05, 3.63) is 12.2 Å². The van der Waals surface area contributed by atoms with Crippen molar-refractivity contribution in [3.8, 4) is 0 Å². The molecule has 0 atom stereocenters. The summed E-state index contributed by atoms with van der Waals surface area (Å²) in [4.78, 5) is 0. The Morgan fingerprint density at radius 1 is 1.36 bits per heavy atom. The van der Waals surface area contributed by atoms with Crippen LogP contribution in [0.1, 0.15) is 46.5 Å². The van der Waals surface area contributed by atoms with Crippen molar-refractivity contribution in [2.75, 3.05) is 0 Å². The van der Waals surface area contributed by atoms with Gasteiger partial charge in [0.1, 0.15) is 0 Å². The van der Waals surface area contributed by atoms with Gasteiger partial charge in [-0.1, -0.05) is 32.4 Å². The van der Waals surface area contributed by atoms with E-state index in [0.717, 1.165) is 5.92 Å². The van der Waals surface area contributed by atoms with Gasteiger partial charge in [0, 0.05) is 0 Å². The molecule has 1 aliphatic rings. The molecular formula is C11H20. The maximum absolute atomic E-state index is 2.41. The smallest absolute Gasteiger partial charge is 0.0118 e.